The Kier molecular flexibility index (Phi) is 3.88. The number of carbonyl (C=O) groups is 2. The Balaban J connectivity index is 1.63. The number of thioether (sulfide) groups is 1. The molecule has 0 spiro atoms. The van der Waals surface area contributed by atoms with Crippen molar-refractivity contribution in [2.45, 2.75) is 37.3 Å². The lowest BCUT2D eigenvalue weighted by molar-refractivity contribution is -0.154. The van der Waals surface area contributed by atoms with E-state index in [0.717, 1.165) is 12.0 Å². The number of rotatable bonds is 3. The molecule has 4 nitrogen and oxygen atoms in total. The molecule has 1 amide bonds. The lowest BCUT2D eigenvalue weighted by atomic mass is 10.2. The zero-order valence-corrected chi connectivity index (χ0v) is 13.2. The molecule has 0 N–H and O–H groups in total. The Morgan fingerprint density at radius 1 is 1.48 bits per heavy atom. The van der Waals surface area contributed by atoms with E-state index in [2.05, 4.69) is 0 Å². The topological polar surface area (TPSA) is 46.6 Å². The first-order chi connectivity index (χ1) is 9.99. The van der Waals surface area contributed by atoms with Gasteiger partial charge in [0.15, 0.2) is 0 Å². The van der Waals surface area contributed by atoms with Crippen molar-refractivity contribution in [2.24, 2.45) is 0 Å². The number of halogens is 1. The summed E-state index contributed by atoms with van der Waals surface area (Å²) in [5.74, 6) is 0.342. The van der Waals surface area contributed by atoms with Gasteiger partial charge in [0.25, 0.3) is 0 Å². The Bertz CT molecular complexity index is 577. The third-order valence-corrected chi connectivity index (χ3v) is 5.77. The standard InChI is InChI=1S/C15H16ClNO3S/c1-15-7-6-13(18)17(15)12(9-21-15)14(19)20-8-10-2-4-11(16)5-3-10/h2-5,12H,6-9H2,1H3/t12-,15-/m0/s1. The first kappa shape index (κ1) is 14.7. The number of hydrogen-bond acceptors (Lipinski definition) is 4. The molecule has 0 bridgehead atoms. The quantitative estimate of drug-likeness (QED) is 0.802. The first-order valence-corrected chi connectivity index (χ1v) is 8.23. The van der Waals surface area contributed by atoms with Gasteiger partial charge >= 0.3 is 5.97 Å². The highest BCUT2D eigenvalue weighted by atomic mass is 35.5. The molecule has 0 aromatic heterocycles. The molecule has 6 heteroatoms. The molecule has 2 heterocycles. The molecule has 2 fully saturated rings. The number of benzene rings is 1. The fourth-order valence-corrected chi connectivity index (χ4v) is 4.37. The second-order valence-electron chi connectivity index (χ2n) is 5.50. The highest BCUT2D eigenvalue weighted by Crippen LogP contribution is 2.47. The SMILES string of the molecule is C[C@]12CCC(=O)N1[C@H](C(=O)OCc1ccc(Cl)cc1)CS2. The highest BCUT2D eigenvalue weighted by molar-refractivity contribution is 8.01. The van der Waals surface area contributed by atoms with Crippen LogP contribution in [0.1, 0.15) is 25.3 Å². The Morgan fingerprint density at radius 3 is 2.90 bits per heavy atom. The molecule has 112 valence electrons. The van der Waals surface area contributed by atoms with Crippen LogP contribution in [-0.4, -0.2) is 33.4 Å². The average molecular weight is 326 g/mol. The van der Waals surface area contributed by atoms with Gasteiger partial charge in [0.1, 0.15) is 12.6 Å². The van der Waals surface area contributed by atoms with Crippen LogP contribution in [0.5, 0.6) is 0 Å². The lowest BCUT2D eigenvalue weighted by Crippen LogP contribution is -2.46. The van der Waals surface area contributed by atoms with E-state index in [4.69, 9.17) is 16.3 Å². The van der Waals surface area contributed by atoms with Crippen molar-refractivity contribution < 1.29 is 14.3 Å². The van der Waals surface area contributed by atoms with E-state index in [1.165, 1.54) is 0 Å². The van der Waals surface area contributed by atoms with Crippen LogP contribution >= 0.6 is 23.4 Å². The molecule has 2 atom stereocenters. The van der Waals surface area contributed by atoms with Gasteiger partial charge in [-0.1, -0.05) is 23.7 Å². The van der Waals surface area contributed by atoms with Crippen molar-refractivity contribution in [3.63, 3.8) is 0 Å². The third-order valence-electron chi connectivity index (χ3n) is 4.01. The second kappa shape index (κ2) is 5.54. The Hall–Kier alpha value is -1.20. The van der Waals surface area contributed by atoms with E-state index in [1.807, 2.05) is 19.1 Å². The summed E-state index contributed by atoms with van der Waals surface area (Å²) >= 11 is 7.48. The van der Waals surface area contributed by atoms with E-state index in [0.29, 0.717) is 17.2 Å². The van der Waals surface area contributed by atoms with Crippen LogP contribution in [0.3, 0.4) is 0 Å². The molecule has 2 aliphatic heterocycles. The molecular formula is C15H16ClNO3S. The van der Waals surface area contributed by atoms with E-state index < -0.39 is 6.04 Å². The van der Waals surface area contributed by atoms with Crippen LogP contribution in [0.25, 0.3) is 0 Å². The maximum Gasteiger partial charge on any atom is 0.330 e. The molecule has 0 radical (unpaired) electrons. The number of ether oxygens (including phenoxy) is 1. The summed E-state index contributed by atoms with van der Waals surface area (Å²) in [4.78, 5) is 25.7. The van der Waals surface area contributed by atoms with E-state index in [-0.39, 0.29) is 23.4 Å². The van der Waals surface area contributed by atoms with Gasteiger partial charge in [-0.15, -0.1) is 11.8 Å². The predicted molar refractivity (Wildman–Crippen MR) is 82.0 cm³/mol. The van der Waals surface area contributed by atoms with E-state index >= 15 is 0 Å². The van der Waals surface area contributed by atoms with Gasteiger partial charge < -0.3 is 9.64 Å². The maximum absolute atomic E-state index is 12.3. The monoisotopic (exact) mass is 325 g/mol. The third kappa shape index (κ3) is 2.77. The van der Waals surface area contributed by atoms with Gasteiger partial charge in [0.2, 0.25) is 5.91 Å². The molecule has 1 aromatic rings. The number of fused-ring (bicyclic) bond motifs is 1. The average Bonchev–Trinajstić information content (AvgIpc) is 2.95. The number of hydrogen-bond donors (Lipinski definition) is 0. The van der Waals surface area contributed by atoms with E-state index in [1.54, 1.807) is 28.8 Å². The summed E-state index contributed by atoms with van der Waals surface area (Å²) in [6.45, 7) is 2.23. The lowest BCUT2D eigenvalue weighted by Gasteiger charge is -2.29. The molecular weight excluding hydrogens is 310 g/mol. The number of amides is 1. The van der Waals surface area contributed by atoms with Crippen LogP contribution < -0.4 is 0 Å². The Labute approximate surface area is 132 Å². The predicted octanol–water partition coefficient (Wildman–Crippen LogP) is 2.84. The van der Waals surface area contributed by atoms with Crippen molar-refractivity contribution in [3.05, 3.63) is 34.9 Å². The van der Waals surface area contributed by atoms with Crippen molar-refractivity contribution in [1.82, 2.24) is 4.90 Å². The summed E-state index contributed by atoms with van der Waals surface area (Å²) in [5, 5.41) is 0.649. The minimum atomic E-state index is -0.456. The van der Waals surface area contributed by atoms with Crippen LogP contribution in [0.15, 0.2) is 24.3 Å². The normalized spacial score (nSPS) is 27.8. The molecule has 0 unspecified atom stereocenters. The summed E-state index contributed by atoms with van der Waals surface area (Å²) in [6.07, 6.45) is 1.32. The zero-order chi connectivity index (χ0) is 15.0. The fraction of sp³-hybridized carbons (Fsp3) is 0.467. The molecule has 0 saturated carbocycles. The van der Waals surface area contributed by atoms with Crippen LogP contribution in [-0.2, 0) is 20.9 Å². The zero-order valence-electron chi connectivity index (χ0n) is 11.7. The van der Waals surface area contributed by atoms with Crippen LogP contribution in [0.2, 0.25) is 5.02 Å². The largest absolute Gasteiger partial charge is 0.459 e. The van der Waals surface area contributed by atoms with Gasteiger partial charge in [-0.3, -0.25) is 4.79 Å². The van der Waals surface area contributed by atoms with Gasteiger partial charge in [-0.05, 0) is 31.0 Å². The smallest absolute Gasteiger partial charge is 0.330 e. The van der Waals surface area contributed by atoms with Gasteiger partial charge in [-0.2, -0.15) is 0 Å². The first-order valence-electron chi connectivity index (χ1n) is 6.87. The van der Waals surface area contributed by atoms with E-state index in [9.17, 15) is 9.59 Å². The number of nitrogens with zero attached hydrogens (tertiary/aromatic N) is 1. The van der Waals surface area contributed by atoms with Gasteiger partial charge in [0, 0.05) is 17.2 Å². The van der Waals surface area contributed by atoms with Crippen molar-refractivity contribution >= 4 is 35.2 Å². The molecule has 2 saturated heterocycles. The Morgan fingerprint density at radius 2 is 2.19 bits per heavy atom. The summed E-state index contributed by atoms with van der Waals surface area (Å²) in [5.41, 5.74) is 0.883. The minimum absolute atomic E-state index is 0.0518. The van der Waals surface area contributed by atoms with Crippen molar-refractivity contribution in [1.29, 1.82) is 0 Å². The molecule has 21 heavy (non-hydrogen) atoms. The number of carbonyl (C=O) groups excluding carboxylic acids is 2. The molecule has 3 rings (SSSR count). The number of esters is 1. The van der Waals surface area contributed by atoms with Crippen molar-refractivity contribution in [2.75, 3.05) is 5.75 Å². The highest BCUT2D eigenvalue weighted by Gasteiger charge is 2.53. The minimum Gasteiger partial charge on any atom is -0.459 e. The fourth-order valence-electron chi connectivity index (χ4n) is 2.83. The van der Waals surface area contributed by atoms with Crippen LogP contribution in [0.4, 0.5) is 0 Å². The molecule has 0 aliphatic carbocycles. The van der Waals surface area contributed by atoms with Gasteiger partial charge in [0.05, 0.1) is 4.87 Å². The maximum atomic E-state index is 12.3. The second-order valence-corrected chi connectivity index (χ2v) is 7.44. The summed E-state index contributed by atoms with van der Waals surface area (Å²) in [6, 6.07) is 6.71. The summed E-state index contributed by atoms with van der Waals surface area (Å²) in [7, 11) is 0. The summed E-state index contributed by atoms with van der Waals surface area (Å²) < 4.78 is 5.36. The van der Waals surface area contributed by atoms with Crippen molar-refractivity contribution in [3.8, 4) is 0 Å². The van der Waals surface area contributed by atoms with Crippen LogP contribution in [0, 0.1) is 0 Å². The van der Waals surface area contributed by atoms with Gasteiger partial charge in [-0.25, -0.2) is 4.79 Å². The molecule has 2 aliphatic rings. The molecule has 1 aromatic carbocycles.